The second-order valence-corrected chi connectivity index (χ2v) is 11.2. The van der Waals surface area contributed by atoms with Crippen molar-refractivity contribution in [3.05, 3.63) is 27.5 Å². The Kier molecular flexibility index (Phi) is 6.80. The summed E-state index contributed by atoms with van der Waals surface area (Å²) in [7, 11) is 0. The van der Waals surface area contributed by atoms with E-state index in [1.54, 1.807) is 17.2 Å². The molecule has 1 unspecified atom stereocenters. The number of thioether (sulfide) groups is 1. The van der Waals surface area contributed by atoms with Crippen molar-refractivity contribution in [3.8, 4) is 6.07 Å². The Hall–Kier alpha value is -2.38. The first-order valence-electron chi connectivity index (χ1n) is 11.1. The molecule has 3 fully saturated rings. The number of aryl methyl sites for hydroxylation is 1. The fourth-order valence-electron chi connectivity index (χ4n) is 4.71. The van der Waals surface area contributed by atoms with Crippen molar-refractivity contribution in [2.45, 2.75) is 62.7 Å². The van der Waals surface area contributed by atoms with Gasteiger partial charge in [0.05, 0.1) is 33.9 Å². The van der Waals surface area contributed by atoms with Gasteiger partial charge in [0.2, 0.25) is 0 Å². The molecule has 2 aromatic rings. The topological polar surface area (TPSA) is 95.3 Å². The van der Waals surface area contributed by atoms with Gasteiger partial charge < -0.3 is 15.0 Å². The molecule has 2 saturated heterocycles. The number of anilines is 1. The third-order valence-electron chi connectivity index (χ3n) is 6.29. The number of nitriles is 1. The summed E-state index contributed by atoms with van der Waals surface area (Å²) in [4.78, 5) is 31.0. The van der Waals surface area contributed by atoms with Crippen molar-refractivity contribution in [2.24, 2.45) is 5.92 Å². The summed E-state index contributed by atoms with van der Waals surface area (Å²) >= 11 is 4.58. The molecule has 1 aromatic carbocycles. The lowest BCUT2D eigenvalue weighted by Crippen LogP contribution is -2.50. The van der Waals surface area contributed by atoms with E-state index in [1.165, 1.54) is 11.8 Å². The normalized spacial score (nSPS) is 21.2. The number of hydrogen-bond acceptors (Lipinski definition) is 7. The first-order valence-corrected chi connectivity index (χ1v) is 13.1. The van der Waals surface area contributed by atoms with Crippen LogP contribution in [0.25, 0.3) is 10.9 Å². The van der Waals surface area contributed by atoms with Crippen LogP contribution in [-0.4, -0.2) is 52.7 Å². The van der Waals surface area contributed by atoms with Crippen molar-refractivity contribution >= 4 is 56.7 Å². The fraction of sp³-hybridized carbons (Fsp3) is 0.500. The number of nitrogens with one attached hydrogen (secondary N) is 1. The molecule has 0 radical (unpaired) electrons. The van der Waals surface area contributed by atoms with E-state index in [2.05, 4.69) is 32.3 Å². The molecule has 0 spiro atoms. The van der Waals surface area contributed by atoms with Crippen LogP contribution in [0.3, 0.4) is 0 Å². The smallest absolute Gasteiger partial charge is 0.410 e. The summed E-state index contributed by atoms with van der Waals surface area (Å²) in [5.41, 5.74) is 1.08. The Morgan fingerprint density at radius 2 is 2.24 bits per heavy atom. The Balaban J connectivity index is 1.75. The van der Waals surface area contributed by atoms with Crippen LogP contribution < -0.4 is 5.32 Å². The van der Waals surface area contributed by atoms with Crippen molar-refractivity contribution < 1.29 is 18.7 Å². The summed E-state index contributed by atoms with van der Waals surface area (Å²) in [5.74, 6) is -0.315. The van der Waals surface area contributed by atoms with Gasteiger partial charge in [-0.15, -0.1) is 11.8 Å². The number of benzene rings is 1. The minimum atomic E-state index is -0.586. The molecule has 1 saturated carbocycles. The van der Waals surface area contributed by atoms with Crippen LogP contribution in [0.2, 0.25) is 0 Å². The van der Waals surface area contributed by atoms with E-state index in [4.69, 9.17) is 10.00 Å². The van der Waals surface area contributed by atoms with E-state index in [-0.39, 0.29) is 40.5 Å². The van der Waals surface area contributed by atoms with E-state index < -0.39 is 11.4 Å². The molecule has 2 bridgehead atoms. The van der Waals surface area contributed by atoms with Crippen molar-refractivity contribution in [3.63, 3.8) is 0 Å². The van der Waals surface area contributed by atoms with Gasteiger partial charge in [0.25, 0.3) is 0 Å². The summed E-state index contributed by atoms with van der Waals surface area (Å²) in [5, 5.41) is 13.4. The van der Waals surface area contributed by atoms with Gasteiger partial charge in [0.1, 0.15) is 16.1 Å². The Morgan fingerprint density at radius 3 is 2.85 bits per heavy atom. The molecule has 5 rings (SSSR count). The molecular weight excluding hydrogens is 523 g/mol. The Bertz CT molecular complexity index is 1210. The van der Waals surface area contributed by atoms with Crippen LogP contribution in [0, 0.1) is 23.1 Å². The zero-order chi connectivity index (χ0) is 24.8. The standard InChI is InChI=1S/C24H26BrFN4O3S/c1-24(2,3)33-23(32)30-10-13-9-16(30)19(13)28-20-14-8-12(6-5-7-27)17(25)18(26)21(14)29-22(34-4)15(20)11-31/h8,11,13,16,19H,5-6,9-10H2,1-4H3,(H,28,29)/t13-,16-,19?/m1/s1. The number of carbonyl (C=O) groups is 2. The maximum atomic E-state index is 15.4. The minimum absolute atomic E-state index is 0.0707. The van der Waals surface area contributed by atoms with Gasteiger partial charge in [-0.05, 0) is 67.4 Å². The predicted molar refractivity (Wildman–Crippen MR) is 133 cm³/mol. The van der Waals surface area contributed by atoms with E-state index in [0.717, 1.165) is 12.7 Å². The number of aromatic nitrogens is 1. The summed E-state index contributed by atoms with van der Waals surface area (Å²) < 4.78 is 21.2. The number of amides is 1. The summed E-state index contributed by atoms with van der Waals surface area (Å²) in [6.45, 7) is 6.07. The number of aldehydes is 1. The second kappa shape index (κ2) is 9.34. The molecule has 10 heteroatoms. The molecule has 7 nitrogen and oxygen atoms in total. The van der Waals surface area contributed by atoms with Gasteiger partial charge in [-0.25, -0.2) is 14.2 Å². The number of carbonyl (C=O) groups excluding carboxylic acids is 2. The predicted octanol–water partition coefficient (Wildman–Crippen LogP) is 5.55. The molecule has 34 heavy (non-hydrogen) atoms. The average molecular weight is 549 g/mol. The quantitative estimate of drug-likeness (QED) is 0.373. The number of fused-ring (bicyclic) bond motifs is 2. The Morgan fingerprint density at radius 1 is 1.50 bits per heavy atom. The van der Waals surface area contributed by atoms with Crippen LogP contribution in [0.1, 0.15) is 49.5 Å². The van der Waals surface area contributed by atoms with Crippen molar-refractivity contribution in [1.29, 1.82) is 5.26 Å². The van der Waals surface area contributed by atoms with Gasteiger partial charge >= 0.3 is 6.09 Å². The van der Waals surface area contributed by atoms with Crippen molar-refractivity contribution in [1.82, 2.24) is 9.88 Å². The van der Waals surface area contributed by atoms with Gasteiger partial charge in [-0.1, -0.05) is 0 Å². The molecule has 2 aliphatic heterocycles. The highest BCUT2D eigenvalue weighted by atomic mass is 79.9. The van der Waals surface area contributed by atoms with Crippen LogP contribution in [0.5, 0.6) is 0 Å². The lowest BCUT2D eigenvalue weighted by Gasteiger charge is -2.38. The molecule has 1 aliphatic carbocycles. The number of rotatable bonds is 6. The molecule has 1 aromatic heterocycles. The fourth-order valence-corrected chi connectivity index (χ4v) is 5.76. The SMILES string of the molecule is CSc1nc2c(F)c(Br)c(CCC#N)cc2c(NC2[C@@H]3C[C@H]2N(C(=O)OC(C)(C)C)C3)c1C=O. The largest absolute Gasteiger partial charge is 0.444 e. The average Bonchev–Trinajstić information content (AvgIpc) is 3.37. The number of pyridine rings is 1. The van der Waals surface area contributed by atoms with Crippen LogP contribution in [0.15, 0.2) is 15.6 Å². The first-order chi connectivity index (χ1) is 16.1. The molecule has 180 valence electrons. The van der Waals surface area contributed by atoms with Crippen LogP contribution in [0.4, 0.5) is 14.9 Å². The van der Waals surface area contributed by atoms with E-state index >= 15 is 4.39 Å². The lowest BCUT2D eigenvalue weighted by atomic mass is 9.79. The van der Waals surface area contributed by atoms with Gasteiger partial charge in [0.15, 0.2) is 12.1 Å². The first kappa shape index (κ1) is 24.7. The third-order valence-corrected chi connectivity index (χ3v) is 7.85. The molecule has 3 aliphatic rings. The maximum Gasteiger partial charge on any atom is 0.410 e. The minimum Gasteiger partial charge on any atom is -0.444 e. The Labute approximate surface area is 210 Å². The zero-order valence-corrected chi connectivity index (χ0v) is 21.8. The molecular formula is C24H26BrFN4O3S. The second-order valence-electron chi connectivity index (χ2n) is 9.61. The van der Waals surface area contributed by atoms with E-state index in [1.807, 2.05) is 20.8 Å². The van der Waals surface area contributed by atoms with Gasteiger partial charge in [-0.2, -0.15) is 5.26 Å². The molecule has 3 atom stereocenters. The lowest BCUT2D eigenvalue weighted by molar-refractivity contribution is 0.0239. The zero-order valence-electron chi connectivity index (χ0n) is 19.4. The number of halogens is 2. The highest BCUT2D eigenvalue weighted by Gasteiger charge is 2.55. The summed E-state index contributed by atoms with van der Waals surface area (Å²) in [6.07, 6.45) is 3.63. The van der Waals surface area contributed by atoms with E-state index in [9.17, 15) is 9.59 Å². The molecule has 3 heterocycles. The number of hydrogen-bond donors (Lipinski definition) is 1. The number of ether oxygens (including phenoxy) is 1. The summed E-state index contributed by atoms with van der Waals surface area (Å²) in [6, 6.07) is 3.72. The van der Waals surface area contributed by atoms with Crippen molar-refractivity contribution in [2.75, 3.05) is 18.1 Å². The highest BCUT2D eigenvalue weighted by molar-refractivity contribution is 9.10. The third kappa shape index (κ3) is 4.36. The molecule has 1 amide bonds. The van der Waals surface area contributed by atoms with Gasteiger partial charge in [-0.3, -0.25) is 4.79 Å². The van der Waals surface area contributed by atoms with Crippen LogP contribution in [-0.2, 0) is 11.2 Å². The molecule has 1 N–H and O–H groups in total. The highest BCUT2D eigenvalue weighted by Crippen LogP contribution is 2.45. The van der Waals surface area contributed by atoms with Gasteiger partial charge in [0, 0.05) is 24.3 Å². The maximum absolute atomic E-state index is 15.4. The number of nitrogens with zero attached hydrogens (tertiary/aromatic N) is 3. The van der Waals surface area contributed by atoms with Crippen LogP contribution >= 0.6 is 27.7 Å². The monoisotopic (exact) mass is 548 g/mol. The van der Waals surface area contributed by atoms with E-state index in [0.29, 0.717) is 40.2 Å².